The van der Waals surface area contributed by atoms with Crippen LogP contribution in [0.2, 0.25) is 0 Å². The van der Waals surface area contributed by atoms with Gasteiger partial charge >= 0.3 is 0 Å². The quantitative estimate of drug-likeness (QED) is 0.457. The van der Waals surface area contributed by atoms with Crippen LogP contribution in [0.1, 0.15) is 49.0 Å². The molecule has 0 bridgehead atoms. The normalized spacial score (nSPS) is 11.9. The van der Waals surface area contributed by atoms with Crippen molar-refractivity contribution in [1.82, 2.24) is 10.6 Å². The fourth-order valence-electron chi connectivity index (χ4n) is 3.58. The Bertz CT molecular complexity index is 1140. The smallest absolute Gasteiger partial charge is 0.261 e. The predicted octanol–water partition coefficient (Wildman–Crippen LogP) is 4.57. The number of hydrogen-bond acceptors (Lipinski definition) is 5. The molecule has 3 rings (SSSR count). The molecule has 0 radical (unpaired) electrons. The number of nitrogens with one attached hydrogen (secondary N) is 2. The molecule has 8 heteroatoms. The number of anilines is 1. The molecular formula is C27H31N3O4S. The van der Waals surface area contributed by atoms with Gasteiger partial charge in [0.2, 0.25) is 11.8 Å². The van der Waals surface area contributed by atoms with Crippen LogP contribution in [0.4, 0.5) is 5.69 Å². The number of nitrogens with zero attached hydrogens (tertiary/aromatic N) is 1. The highest BCUT2D eigenvalue weighted by atomic mass is 32.1. The lowest BCUT2D eigenvalue weighted by molar-refractivity contribution is -0.127. The van der Waals surface area contributed by atoms with Crippen molar-refractivity contribution in [3.05, 3.63) is 82.6 Å². The minimum atomic E-state index is -0.983. The van der Waals surface area contributed by atoms with Crippen LogP contribution in [0, 0.1) is 0 Å². The van der Waals surface area contributed by atoms with Gasteiger partial charge in [-0.05, 0) is 56.8 Å². The van der Waals surface area contributed by atoms with Crippen molar-refractivity contribution in [2.45, 2.75) is 39.3 Å². The topological polar surface area (TPSA) is 87.7 Å². The van der Waals surface area contributed by atoms with Crippen LogP contribution < -0.4 is 20.3 Å². The van der Waals surface area contributed by atoms with E-state index in [1.165, 1.54) is 16.2 Å². The number of thiophene rings is 1. The number of hydrogen-bond donors (Lipinski definition) is 2. The number of benzene rings is 2. The van der Waals surface area contributed by atoms with Crippen LogP contribution in [-0.2, 0) is 9.59 Å². The molecule has 0 saturated carbocycles. The average Bonchev–Trinajstić information content (AvgIpc) is 3.36. The molecule has 3 amide bonds. The lowest BCUT2D eigenvalue weighted by Crippen LogP contribution is -2.51. The summed E-state index contributed by atoms with van der Waals surface area (Å²) in [5.74, 6) is -0.660. The maximum absolute atomic E-state index is 13.7. The summed E-state index contributed by atoms with van der Waals surface area (Å²) >= 11 is 1.29. The van der Waals surface area contributed by atoms with E-state index in [0.29, 0.717) is 28.5 Å². The number of carbonyl (C=O) groups is 3. The maximum atomic E-state index is 13.7. The van der Waals surface area contributed by atoms with Crippen molar-refractivity contribution in [3.8, 4) is 5.75 Å². The second-order valence-electron chi connectivity index (χ2n) is 8.88. The lowest BCUT2D eigenvalue weighted by atomic mass is 10.0. The van der Waals surface area contributed by atoms with Gasteiger partial charge in [-0.2, -0.15) is 0 Å². The zero-order valence-corrected chi connectivity index (χ0v) is 21.2. The third-order valence-corrected chi connectivity index (χ3v) is 5.83. The zero-order valence-electron chi connectivity index (χ0n) is 20.4. The summed E-state index contributed by atoms with van der Waals surface area (Å²) in [7, 11) is 0. The standard InChI is InChI=1S/C27H31N3O4S/c1-5-34-21-15-10-9-14-20(21)30(23(31)18-28-25(32)22-16-11-17-35-22)24(19-12-7-6-8-13-19)26(33)29-27(2,3)4/h6-17,24H,5,18H2,1-4H3,(H,28,32)(H,29,33). The predicted molar refractivity (Wildman–Crippen MR) is 139 cm³/mol. The van der Waals surface area contributed by atoms with Gasteiger partial charge in [0.05, 0.1) is 23.7 Å². The minimum Gasteiger partial charge on any atom is -0.492 e. The minimum absolute atomic E-state index is 0.288. The molecule has 1 unspecified atom stereocenters. The van der Waals surface area contributed by atoms with E-state index < -0.39 is 17.5 Å². The summed E-state index contributed by atoms with van der Waals surface area (Å²) in [5, 5.41) is 7.49. The van der Waals surface area contributed by atoms with Crippen LogP contribution >= 0.6 is 11.3 Å². The molecule has 0 saturated heterocycles. The van der Waals surface area contributed by atoms with E-state index in [1.54, 1.807) is 47.8 Å². The lowest BCUT2D eigenvalue weighted by Gasteiger charge is -2.34. The number of carbonyl (C=O) groups excluding carboxylic acids is 3. The summed E-state index contributed by atoms with van der Waals surface area (Å²) in [6.45, 7) is 7.60. The molecule has 2 N–H and O–H groups in total. The Morgan fingerprint density at radius 2 is 1.66 bits per heavy atom. The van der Waals surface area contributed by atoms with Gasteiger partial charge in [0.1, 0.15) is 11.8 Å². The van der Waals surface area contributed by atoms with Crippen molar-refractivity contribution in [2.24, 2.45) is 0 Å². The van der Waals surface area contributed by atoms with E-state index in [1.807, 2.05) is 52.0 Å². The number of ether oxygens (including phenoxy) is 1. The summed E-state index contributed by atoms with van der Waals surface area (Å²) in [6, 6.07) is 18.7. The summed E-state index contributed by atoms with van der Waals surface area (Å²) in [6.07, 6.45) is 0. The second kappa shape index (κ2) is 11.7. The Hall–Kier alpha value is -3.65. The zero-order chi connectivity index (χ0) is 25.4. The number of para-hydroxylation sites is 2. The van der Waals surface area contributed by atoms with Gasteiger partial charge in [0, 0.05) is 5.54 Å². The largest absolute Gasteiger partial charge is 0.492 e. The van der Waals surface area contributed by atoms with Crippen LogP contribution in [0.25, 0.3) is 0 Å². The highest BCUT2D eigenvalue weighted by molar-refractivity contribution is 7.12. The molecule has 35 heavy (non-hydrogen) atoms. The monoisotopic (exact) mass is 493 g/mol. The molecule has 1 heterocycles. The molecule has 184 valence electrons. The first-order valence-corrected chi connectivity index (χ1v) is 12.3. The average molecular weight is 494 g/mol. The highest BCUT2D eigenvalue weighted by Crippen LogP contribution is 2.35. The molecule has 7 nitrogen and oxygen atoms in total. The first-order chi connectivity index (χ1) is 16.7. The summed E-state index contributed by atoms with van der Waals surface area (Å²) in [5.41, 5.74) is 0.562. The fourth-order valence-corrected chi connectivity index (χ4v) is 4.22. The second-order valence-corrected chi connectivity index (χ2v) is 9.82. The van der Waals surface area contributed by atoms with Crippen LogP contribution in [0.3, 0.4) is 0 Å². The molecule has 2 aromatic carbocycles. The van der Waals surface area contributed by atoms with Crippen LogP contribution in [-0.4, -0.2) is 36.4 Å². The van der Waals surface area contributed by atoms with Crippen molar-refractivity contribution >= 4 is 34.7 Å². The molecule has 0 spiro atoms. The fraction of sp³-hybridized carbons (Fsp3) is 0.296. The molecule has 0 aliphatic rings. The Morgan fingerprint density at radius 1 is 0.971 bits per heavy atom. The Balaban J connectivity index is 2.06. The van der Waals surface area contributed by atoms with Crippen molar-refractivity contribution in [3.63, 3.8) is 0 Å². The number of amides is 3. The summed E-state index contributed by atoms with van der Waals surface area (Å²) in [4.78, 5) is 41.8. The van der Waals surface area contributed by atoms with Gasteiger partial charge in [-0.1, -0.05) is 48.5 Å². The van der Waals surface area contributed by atoms with Gasteiger partial charge in [-0.25, -0.2) is 0 Å². The number of rotatable bonds is 9. The van der Waals surface area contributed by atoms with Crippen LogP contribution in [0.5, 0.6) is 5.75 Å². The SMILES string of the molecule is CCOc1ccccc1N(C(=O)CNC(=O)c1cccs1)C(C(=O)NC(C)(C)C)c1ccccc1. The van der Waals surface area contributed by atoms with Crippen molar-refractivity contribution in [1.29, 1.82) is 0 Å². The van der Waals surface area contributed by atoms with E-state index in [2.05, 4.69) is 10.6 Å². The Labute approximate surface area is 210 Å². The molecular weight excluding hydrogens is 462 g/mol. The molecule has 1 aromatic heterocycles. The molecule has 1 atom stereocenters. The Kier molecular flexibility index (Phi) is 8.65. The van der Waals surface area contributed by atoms with Gasteiger partial charge in [-0.15, -0.1) is 11.3 Å². The first-order valence-electron chi connectivity index (χ1n) is 11.4. The van der Waals surface area contributed by atoms with Gasteiger partial charge < -0.3 is 15.4 Å². The van der Waals surface area contributed by atoms with E-state index in [9.17, 15) is 14.4 Å². The molecule has 0 aliphatic heterocycles. The van der Waals surface area contributed by atoms with Gasteiger partial charge in [-0.3, -0.25) is 19.3 Å². The third kappa shape index (κ3) is 6.93. The van der Waals surface area contributed by atoms with E-state index in [0.717, 1.165) is 0 Å². The Morgan fingerprint density at radius 3 is 2.29 bits per heavy atom. The van der Waals surface area contributed by atoms with Gasteiger partial charge in [0.25, 0.3) is 5.91 Å². The molecule has 0 aliphatic carbocycles. The van der Waals surface area contributed by atoms with Crippen LogP contribution in [0.15, 0.2) is 72.1 Å². The van der Waals surface area contributed by atoms with Gasteiger partial charge in [0.15, 0.2) is 0 Å². The molecule has 0 fully saturated rings. The van der Waals surface area contributed by atoms with E-state index >= 15 is 0 Å². The summed E-state index contributed by atoms with van der Waals surface area (Å²) < 4.78 is 5.81. The highest BCUT2D eigenvalue weighted by Gasteiger charge is 2.35. The van der Waals surface area contributed by atoms with Crippen molar-refractivity contribution < 1.29 is 19.1 Å². The maximum Gasteiger partial charge on any atom is 0.261 e. The van der Waals surface area contributed by atoms with E-state index in [4.69, 9.17) is 4.74 Å². The third-order valence-electron chi connectivity index (χ3n) is 4.96. The first kappa shape index (κ1) is 26.0. The van der Waals surface area contributed by atoms with E-state index in [-0.39, 0.29) is 18.4 Å². The molecule has 3 aromatic rings. The van der Waals surface area contributed by atoms with Crippen molar-refractivity contribution in [2.75, 3.05) is 18.1 Å².